The number of nitrogens with zero attached hydrogens (tertiary/aromatic N) is 1. The van der Waals surface area contributed by atoms with Gasteiger partial charge in [-0.3, -0.25) is 4.90 Å². The first-order valence-electron chi connectivity index (χ1n) is 12.1. The van der Waals surface area contributed by atoms with E-state index in [1.807, 2.05) is 33.8 Å². The van der Waals surface area contributed by atoms with Crippen molar-refractivity contribution < 1.29 is 28.6 Å². The van der Waals surface area contributed by atoms with Crippen LogP contribution < -0.4 is 5.32 Å². The number of dihydropyridines is 1. The summed E-state index contributed by atoms with van der Waals surface area (Å²) in [5.41, 5.74) is 1.89. The largest absolute Gasteiger partial charge is 0.462 e. The van der Waals surface area contributed by atoms with Crippen LogP contribution in [0.2, 0.25) is 0 Å². The molecule has 35 heavy (non-hydrogen) atoms. The van der Waals surface area contributed by atoms with Crippen LogP contribution in [-0.4, -0.2) is 48.3 Å². The minimum absolute atomic E-state index is 0.151. The van der Waals surface area contributed by atoms with Gasteiger partial charge in [-0.25, -0.2) is 14.4 Å². The van der Waals surface area contributed by atoms with Crippen molar-refractivity contribution in [3.05, 3.63) is 46.5 Å². The average Bonchev–Trinajstić information content (AvgIpc) is 2.74. The predicted octanol–water partition coefficient (Wildman–Crippen LogP) is 4.84. The summed E-state index contributed by atoms with van der Waals surface area (Å²) in [5, 5.41) is 3.16. The van der Waals surface area contributed by atoms with Crippen molar-refractivity contribution in [3.63, 3.8) is 0 Å². The Bertz CT molecular complexity index is 917. The van der Waals surface area contributed by atoms with Crippen LogP contribution in [0.5, 0.6) is 0 Å². The fourth-order valence-electron chi connectivity index (χ4n) is 3.75. The van der Waals surface area contributed by atoms with E-state index in [0.717, 1.165) is 0 Å². The number of hydrogen-bond acceptors (Lipinski definition) is 7. The molecule has 0 saturated carbocycles. The van der Waals surface area contributed by atoms with Crippen LogP contribution in [0, 0.1) is 17.8 Å². The maximum absolute atomic E-state index is 13.3. The van der Waals surface area contributed by atoms with Gasteiger partial charge in [-0.2, -0.15) is 0 Å². The topological polar surface area (TPSA) is 94.2 Å². The van der Waals surface area contributed by atoms with E-state index in [0.29, 0.717) is 28.1 Å². The lowest BCUT2D eigenvalue weighted by atomic mass is 9.79. The van der Waals surface area contributed by atoms with Gasteiger partial charge in [-0.1, -0.05) is 33.8 Å². The fourth-order valence-corrected chi connectivity index (χ4v) is 3.75. The third-order valence-electron chi connectivity index (χ3n) is 5.22. The lowest BCUT2D eigenvalue weighted by molar-refractivity contribution is -0.141. The first kappa shape index (κ1) is 28.2. The molecule has 0 saturated heterocycles. The second-order valence-electron chi connectivity index (χ2n) is 10.8. The fraction of sp³-hybridized carbons (Fsp3) is 0.593. The zero-order valence-electron chi connectivity index (χ0n) is 22.5. The molecule has 0 bridgehead atoms. The number of esters is 2. The molecule has 0 fully saturated rings. The lowest BCUT2D eigenvalue weighted by Gasteiger charge is -2.34. The van der Waals surface area contributed by atoms with Crippen LogP contribution in [0.3, 0.4) is 0 Å². The molecule has 2 rings (SSSR count). The molecule has 2 heterocycles. The molecule has 0 radical (unpaired) electrons. The second kappa shape index (κ2) is 11.6. The molecule has 8 heteroatoms. The van der Waals surface area contributed by atoms with E-state index in [1.165, 1.54) is 4.90 Å². The minimum atomic E-state index is -0.731. The minimum Gasteiger partial charge on any atom is -0.462 e. The highest BCUT2D eigenvalue weighted by Gasteiger charge is 2.40. The van der Waals surface area contributed by atoms with Gasteiger partial charge >= 0.3 is 18.0 Å². The number of carbonyl (C=O) groups is 3. The van der Waals surface area contributed by atoms with Crippen LogP contribution in [0.25, 0.3) is 0 Å². The summed E-state index contributed by atoms with van der Waals surface area (Å²) in [5.74, 6) is -1.43. The highest BCUT2D eigenvalue weighted by Crippen LogP contribution is 2.38. The van der Waals surface area contributed by atoms with Gasteiger partial charge in [-0.15, -0.1) is 0 Å². The van der Waals surface area contributed by atoms with E-state index in [9.17, 15) is 14.4 Å². The van der Waals surface area contributed by atoms with E-state index in [4.69, 9.17) is 14.2 Å². The van der Waals surface area contributed by atoms with Crippen LogP contribution >= 0.6 is 0 Å². The summed E-state index contributed by atoms with van der Waals surface area (Å²) in [7, 11) is 0. The zero-order chi connectivity index (χ0) is 26.5. The van der Waals surface area contributed by atoms with Crippen LogP contribution in [0.1, 0.15) is 62.3 Å². The monoisotopic (exact) mass is 488 g/mol. The summed E-state index contributed by atoms with van der Waals surface area (Å²) in [6.07, 6.45) is 4.65. The summed E-state index contributed by atoms with van der Waals surface area (Å²) >= 11 is 0. The quantitative estimate of drug-likeness (QED) is 0.405. The molecular formula is C27H40N2O6. The molecule has 0 unspecified atom stereocenters. The van der Waals surface area contributed by atoms with Crippen molar-refractivity contribution in [1.29, 1.82) is 0 Å². The number of amides is 1. The standard InChI is InChI=1S/C27H40N2O6/c1-16(2)14-33-24(30)21-18(5)28-19(6)22(25(31)34-15-17(3)4)23(21)20-11-10-12-29(13-20)26(32)35-27(7,8)9/h10-12,16-17,23,28H,13-15H2,1-9H3. The molecule has 8 nitrogen and oxygen atoms in total. The molecule has 2 aliphatic rings. The second-order valence-corrected chi connectivity index (χ2v) is 10.8. The summed E-state index contributed by atoms with van der Waals surface area (Å²) in [6, 6.07) is 0. The van der Waals surface area contributed by atoms with E-state index >= 15 is 0 Å². The van der Waals surface area contributed by atoms with E-state index in [1.54, 1.807) is 46.9 Å². The van der Waals surface area contributed by atoms with Crippen molar-refractivity contribution in [2.24, 2.45) is 17.8 Å². The smallest absolute Gasteiger partial charge is 0.414 e. The Morgan fingerprint density at radius 3 is 1.89 bits per heavy atom. The number of allylic oxidation sites excluding steroid dienone is 4. The predicted molar refractivity (Wildman–Crippen MR) is 134 cm³/mol. The normalized spacial score (nSPS) is 17.0. The summed E-state index contributed by atoms with van der Waals surface area (Å²) < 4.78 is 16.7. The maximum Gasteiger partial charge on any atom is 0.414 e. The summed E-state index contributed by atoms with van der Waals surface area (Å²) in [4.78, 5) is 40.7. The first-order valence-corrected chi connectivity index (χ1v) is 12.1. The Kier molecular flexibility index (Phi) is 9.35. The van der Waals surface area contributed by atoms with Crippen molar-refractivity contribution >= 4 is 18.0 Å². The Balaban J connectivity index is 2.48. The van der Waals surface area contributed by atoms with Crippen LogP contribution in [0.15, 0.2) is 46.5 Å². The van der Waals surface area contributed by atoms with Crippen molar-refractivity contribution in [3.8, 4) is 0 Å². The number of hydrogen-bond donors (Lipinski definition) is 1. The van der Waals surface area contributed by atoms with Crippen molar-refractivity contribution in [1.82, 2.24) is 10.2 Å². The van der Waals surface area contributed by atoms with Gasteiger partial charge in [-0.05, 0) is 58.1 Å². The third kappa shape index (κ3) is 7.73. The van der Waals surface area contributed by atoms with Gasteiger partial charge < -0.3 is 19.5 Å². The number of rotatable bonds is 7. The molecule has 0 aromatic carbocycles. The molecule has 0 atom stereocenters. The van der Waals surface area contributed by atoms with E-state index in [2.05, 4.69) is 5.32 Å². The third-order valence-corrected chi connectivity index (χ3v) is 5.22. The van der Waals surface area contributed by atoms with Crippen LogP contribution in [0.4, 0.5) is 4.79 Å². The Labute approximate surface area is 209 Å². The number of carbonyl (C=O) groups excluding carboxylic acids is 3. The zero-order valence-corrected chi connectivity index (χ0v) is 22.5. The SMILES string of the molecule is CC1=C(C(=O)OCC(C)C)C(C2=CC=CN(C(=O)OC(C)(C)C)C2)C(C(=O)OCC(C)C)=C(C)N1. The van der Waals surface area contributed by atoms with Gasteiger partial charge in [0, 0.05) is 23.5 Å². The Hall–Kier alpha value is -3.03. The molecule has 2 aliphatic heterocycles. The Morgan fingerprint density at radius 1 is 0.971 bits per heavy atom. The van der Waals surface area contributed by atoms with Crippen LogP contribution in [-0.2, 0) is 23.8 Å². The maximum atomic E-state index is 13.3. The van der Waals surface area contributed by atoms with Crippen molar-refractivity contribution in [2.45, 2.75) is 67.9 Å². The highest BCUT2D eigenvalue weighted by atomic mass is 16.6. The van der Waals surface area contributed by atoms with Gasteiger partial charge in [0.1, 0.15) is 5.60 Å². The van der Waals surface area contributed by atoms with Gasteiger partial charge in [0.2, 0.25) is 0 Å². The molecule has 0 aromatic heterocycles. The summed E-state index contributed by atoms with van der Waals surface area (Å²) in [6.45, 7) is 17.4. The Morgan fingerprint density at radius 2 is 1.46 bits per heavy atom. The molecule has 194 valence electrons. The van der Waals surface area contributed by atoms with E-state index in [-0.39, 0.29) is 31.6 Å². The van der Waals surface area contributed by atoms with Gasteiger partial charge in [0.15, 0.2) is 0 Å². The average molecular weight is 489 g/mol. The molecule has 0 spiro atoms. The first-order chi connectivity index (χ1) is 16.2. The van der Waals surface area contributed by atoms with E-state index < -0.39 is 29.6 Å². The molecule has 1 amide bonds. The molecule has 0 aliphatic carbocycles. The molecule has 1 N–H and O–H groups in total. The number of nitrogens with one attached hydrogen (secondary N) is 1. The molecular weight excluding hydrogens is 448 g/mol. The number of ether oxygens (including phenoxy) is 3. The van der Waals surface area contributed by atoms with Gasteiger partial charge in [0.25, 0.3) is 0 Å². The highest BCUT2D eigenvalue weighted by molar-refractivity contribution is 5.99. The lowest BCUT2D eigenvalue weighted by Crippen LogP contribution is -2.40. The van der Waals surface area contributed by atoms with Gasteiger partial charge in [0.05, 0.1) is 30.9 Å². The molecule has 0 aromatic rings. The van der Waals surface area contributed by atoms with Crippen molar-refractivity contribution in [2.75, 3.05) is 19.8 Å².